The number of nitrogens with zero attached hydrogens (tertiary/aromatic N) is 2. The van der Waals surface area contributed by atoms with Crippen molar-refractivity contribution in [2.75, 3.05) is 32.2 Å². The second kappa shape index (κ2) is 23.2. The monoisotopic (exact) mass is 952 g/mol. The molecule has 0 bridgehead atoms. The molecule has 65 heavy (non-hydrogen) atoms. The van der Waals surface area contributed by atoms with Crippen LogP contribution in [0.5, 0.6) is 0 Å². The number of methoxy groups -OCH3 is 1. The van der Waals surface area contributed by atoms with Gasteiger partial charge in [-0.3, -0.25) is 42.7 Å². The predicted octanol–water partition coefficient (Wildman–Crippen LogP) is -0.773. The van der Waals surface area contributed by atoms with Crippen LogP contribution in [0.2, 0.25) is 0 Å². The van der Waals surface area contributed by atoms with E-state index in [1.165, 1.54) is 13.0 Å². The SMILES string of the molecule is CCOC(=O)N[C@H]1[C@H]([C@H](OC(C)=O)[C@@H](COC(C)=O)OC(C)=O)O[C@](OP(=O)(O)OC[C@H]2O[C@@H](n3ccc(NC(C)=O)nc3=O)[C@H](OC(C)=O)[C@@H]2OC(C)=O)(C(=O)OC)C[C@@H]1OC(C)=O. The highest BCUT2D eigenvalue weighted by Crippen LogP contribution is 2.52. The van der Waals surface area contributed by atoms with Crippen molar-refractivity contribution in [2.45, 2.75) is 123 Å². The van der Waals surface area contributed by atoms with E-state index in [4.69, 9.17) is 56.4 Å². The molecule has 0 spiro atoms. The fourth-order valence-corrected chi connectivity index (χ4v) is 7.47. The van der Waals surface area contributed by atoms with Gasteiger partial charge >= 0.3 is 61.4 Å². The minimum absolute atomic E-state index is 0.174. The summed E-state index contributed by atoms with van der Waals surface area (Å²) in [7, 11) is -5.07. The summed E-state index contributed by atoms with van der Waals surface area (Å²) in [6.45, 7) is 5.95. The number of nitrogens with one attached hydrogen (secondary N) is 2. The van der Waals surface area contributed by atoms with Gasteiger partial charge in [-0.15, -0.1) is 0 Å². The molecule has 2 amide bonds. The first-order valence-corrected chi connectivity index (χ1v) is 20.7. The largest absolute Gasteiger partial charge is 0.475 e. The third-order valence-corrected chi connectivity index (χ3v) is 9.65. The zero-order valence-corrected chi connectivity index (χ0v) is 37.3. The molecule has 2 aliphatic heterocycles. The van der Waals surface area contributed by atoms with E-state index in [0.717, 1.165) is 66.3 Å². The lowest BCUT2D eigenvalue weighted by Gasteiger charge is -2.48. The lowest BCUT2D eigenvalue weighted by Crippen LogP contribution is -2.69. The zero-order valence-electron chi connectivity index (χ0n) is 36.4. The Hall–Kier alpha value is -6.06. The van der Waals surface area contributed by atoms with Gasteiger partial charge in [0.15, 0.2) is 30.6 Å². The summed E-state index contributed by atoms with van der Waals surface area (Å²) in [5, 5.41) is 4.63. The zero-order chi connectivity index (χ0) is 49.0. The maximum Gasteiger partial charge on any atom is 0.475 e. The van der Waals surface area contributed by atoms with Gasteiger partial charge < -0.3 is 62.9 Å². The maximum atomic E-state index is 14.0. The molecule has 0 radical (unpaired) electrons. The van der Waals surface area contributed by atoms with Gasteiger partial charge in [-0.1, -0.05) is 0 Å². The average Bonchev–Trinajstić information content (AvgIpc) is 3.49. The summed E-state index contributed by atoms with van der Waals surface area (Å²) < 4.78 is 79.0. The summed E-state index contributed by atoms with van der Waals surface area (Å²) in [4.78, 5) is 140. The van der Waals surface area contributed by atoms with Crippen LogP contribution in [0.15, 0.2) is 17.1 Å². The third-order valence-electron chi connectivity index (χ3n) is 8.65. The number of amides is 2. The fourth-order valence-electron chi connectivity index (χ4n) is 6.52. The highest BCUT2D eigenvalue weighted by Gasteiger charge is 2.62. The summed E-state index contributed by atoms with van der Waals surface area (Å²) in [6.07, 6.45) is -15.9. The van der Waals surface area contributed by atoms with Crippen LogP contribution in [0.25, 0.3) is 0 Å². The van der Waals surface area contributed by atoms with Crippen LogP contribution in [-0.2, 0) is 99.3 Å². The molecule has 28 nitrogen and oxygen atoms in total. The molecule has 1 aromatic heterocycles. The van der Waals surface area contributed by atoms with Crippen molar-refractivity contribution in [1.82, 2.24) is 14.9 Å². The van der Waals surface area contributed by atoms with Gasteiger partial charge in [-0.2, -0.15) is 4.98 Å². The van der Waals surface area contributed by atoms with Crippen molar-refractivity contribution < 1.29 is 109 Å². The highest BCUT2D eigenvalue weighted by atomic mass is 31.2. The van der Waals surface area contributed by atoms with E-state index in [2.05, 4.69) is 15.6 Å². The Morgan fingerprint density at radius 3 is 2.03 bits per heavy atom. The van der Waals surface area contributed by atoms with Gasteiger partial charge in [0.25, 0.3) is 5.79 Å². The second-order valence-electron chi connectivity index (χ2n) is 13.8. The number of hydrogen-bond donors (Lipinski definition) is 3. The predicted molar refractivity (Wildman–Crippen MR) is 206 cm³/mol. The molecule has 0 aromatic carbocycles. The number of rotatable bonds is 19. The first-order valence-electron chi connectivity index (χ1n) is 19.2. The molecule has 2 fully saturated rings. The Balaban J connectivity index is 2.16. The lowest BCUT2D eigenvalue weighted by molar-refractivity contribution is -0.293. The molecule has 3 rings (SSSR count). The van der Waals surface area contributed by atoms with Crippen molar-refractivity contribution in [2.24, 2.45) is 0 Å². The summed E-state index contributed by atoms with van der Waals surface area (Å²) >= 11 is 0. The van der Waals surface area contributed by atoms with Gasteiger partial charge in [-0.05, 0) is 13.0 Å². The van der Waals surface area contributed by atoms with Crippen molar-refractivity contribution in [3.05, 3.63) is 22.7 Å². The molecule has 1 aromatic rings. The quantitative estimate of drug-likeness (QED) is 0.0870. The van der Waals surface area contributed by atoms with Crippen LogP contribution < -0.4 is 16.3 Å². The number of esters is 7. The topological polar surface area (TPSA) is 361 Å². The van der Waals surface area contributed by atoms with Gasteiger partial charge in [-0.25, -0.2) is 23.5 Å². The molecule has 3 N–H and O–H groups in total. The van der Waals surface area contributed by atoms with Crippen molar-refractivity contribution in [3.8, 4) is 0 Å². The molecule has 3 heterocycles. The van der Waals surface area contributed by atoms with Crippen LogP contribution in [0.1, 0.15) is 68.0 Å². The van der Waals surface area contributed by atoms with E-state index < -0.39 is 148 Å². The third kappa shape index (κ3) is 15.3. The van der Waals surface area contributed by atoms with Gasteiger partial charge in [0.2, 0.25) is 5.91 Å². The van der Waals surface area contributed by atoms with Crippen LogP contribution in [0, 0.1) is 0 Å². The molecule has 0 saturated carbocycles. The minimum Gasteiger partial charge on any atom is -0.465 e. The van der Waals surface area contributed by atoms with E-state index in [1.54, 1.807) is 0 Å². The molecular weight excluding hydrogens is 903 g/mol. The van der Waals surface area contributed by atoms with Gasteiger partial charge in [0, 0.05) is 54.7 Å². The van der Waals surface area contributed by atoms with Crippen LogP contribution >= 0.6 is 7.82 Å². The summed E-state index contributed by atoms with van der Waals surface area (Å²) in [5.41, 5.74) is -1.07. The number of ether oxygens (including phenoxy) is 10. The molecule has 29 heteroatoms. The van der Waals surface area contributed by atoms with E-state index in [9.17, 15) is 57.4 Å². The normalized spacial score (nSPS) is 25.5. The van der Waals surface area contributed by atoms with Crippen molar-refractivity contribution >= 4 is 67.4 Å². The minimum atomic E-state index is -5.84. The first kappa shape index (κ1) is 53.3. The van der Waals surface area contributed by atoms with Crippen molar-refractivity contribution in [1.29, 1.82) is 0 Å². The van der Waals surface area contributed by atoms with Gasteiger partial charge in [0.1, 0.15) is 30.7 Å². The van der Waals surface area contributed by atoms with Crippen LogP contribution in [0.4, 0.5) is 10.6 Å². The number of phosphoric acid groups is 1. The molecule has 2 aliphatic rings. The average molecular weight is 953 g/mol. The molecule has 11 atom stereocenters. The molecular formula is C36H49N4O24P. The number of alkyl carbamates (subject to hydrolysis) is 1. The number of carbonyl (C=O) groups excluding carboxylic acids is 9. The number of hydrogen-bond acceptors (Lipinski definition) is 24. The summed E-state index contributed by atoms with van der Waals surface area (Å²) in [6, 6.07) is -0.608. The highest BCUT2D eigenvalue weighted by molar-refractivity contribution is 7.47. The van der Waals surface area contributed by atoms with E-state index in [-0.39, 0.29) is 12.4 Å². The van der Waals surface area contributed by atoms with Crippen molar-refractivity contribution in [3.63, 3.8) is 0 Å². The van der Waals surface area contributed by atoms with E-state index in [1.807, 2.05) is 0 Å². The molecule has 1 unspecified atom stereocenters. The molecule has 0 aliphatic carbocycles. The second-order valence-corrected chi connectivity index (χ2v) is 15.2. The Morgan fingerprint density at radius 2 is 1.51 bits per heavy atom. The number of phosphoric ester groups is 1. The standard InChI is InChI=1S/C36H49N4O24P/c1-10-54-35(50)39-27-23(57-18(4)43)13-36(33(48)53-9,63-30(27)28(59-20(6)45)24(58-19(5)44)14-55-17(3)42)64-65(51,52)56-15-25-29(60-21(7)46)31(61-22(8)47)32(62-25)40-12-11-26(37-16(2)41)38-34(40)49/h11-12,23-25,27-32H,10,13-15H2,1-9H3,(H,39,50)(H,51,52)(H,37,38,41,49)/t23-,24+,25+,27+,28+,29+,30+,31+,32+,36+/m0/s1. The molecule has 2 saturated heterocycles. The smallest absolute Gasteiger partial charge is 0.465 e. The number of carbonyl (C=O) groups is 9. The van der Waals surface area contributed by atoms with Crippen LogP contribution in [0.3, 0.4) is 0 Å². The number of anilines is 1. The van der Waals surface area contributed by atoms with E-state index >= 15 is 0 Å². The Morgan fingerprint density at radius 1 is 0.892 bits per heavy atom. The Bertz CT molecular complexity index is 2080. The fraction of sp³-hybridized carbons (Fsp3) is 0.639. The van der Waals surface area contributed by atoms with Crippen LogP contribution in [-0.4, -0.2) is 150 Å². The number of aromatic nitrogens is 2. The summed E-state index contributed by atoms with van der Waals surface area (Å²) in [5.74, 6) is -11.8. The van der Waals surface area contributed by atoms with Gasteiger partial charge in [0.05, 0.1) is 32.8 Å². The lowest BCUT2D eigenvalue weighted by atomic mass is 9.88. The Labute approximate surface area is 368 Å². The Kier molecular flexibility index (Phi) is 19.0. The molecule has 362 valence electrons. The van der Waals surface area contributed by atoms with E-state index in [0.29, 0.717) is 0 Å². The first-order chi connectivity index (χ1) is 30.3. The maximum absolute atomic E-state index is 14.0.